The molecule has 0 aliphatic carbocycles. The third kappa shape index (κ3) is 3.68. The second-order valence-electron chi connectivity index (χ2n) is 6.29. The molecule has 9 heteroatoms. The van der Waals surface area contributed by atoms with Crippen molar-refractivity contribution in [1.82, 2.24) is 19.5 Å². The first-order chi connectivity index (χ1) is 14.1. The number of carbonyl (C=O) groups excluding carboxylic acids is 1. The van der Waals surface area contributed by atoms with E-state index in [9.17, 15) is 9.18 Å². The number of benzene rings is 1. The van der Waals surface area contributed by atoms with Gasteiger partial charge in [-0.05, 0) is 37.1 Å². The van der Waals surface area contributed by atoms with E-state index in [2.05, 4.69) is 20.3 Å². The quantitative estimate of drug-likeness (QED) is 0.481. The Kier molecular flexibility index (Phi) is 5.22. The van der Waals surface area contributed by atoms with Crippen LogP contribution in [0.3, 0.4) is 0 Å². The van der Waals surface area contributed by atoms with Crippen LogP contribution in [0.5, 0.6) is 0 Å². The molecular formula is C20H18FN5O2S. The van der Waals surface area contributed by atoms with Gasteiger partial charge in [0.25, 0.3) is 0 Å². The molecule has 0 bridgehead atoms. The minimum atomic E-state index is -0.365. The maximum absolute atomic E-state index is 14.5. The summed E-state index contributed by atoms with van der Waals surface area (Å²) in [5, 5.41) is 4.00. The summed E-state index contributed by atoms with van der Waals surface area (Å²) < 4.78 is 21.2. The number of esters is 1. The lowest BCUT2D eigenvalue weighted by Gasteiger charge is -2.10. The molecule has 4 rings (SSSR count). The summed E-state index contributed by atoms with van der Waals surface area (Å²) in [6, 6.07) is 5.03. The van der Waals surface area contributed by atoms with Crippen molar-refractivity contribution < 1.29 is 13.9 Å². The van der Waals surface area contributed by atoms with Crippen LogP contribution in [0.1, 0.15) is 27.7 Å². The molecule has 3 aromatic heterocycles. The number of imidazole rings is 1. The summed E-state index contributed by atoms with van der Waals surface area (Å²) in [6.45, 7) is 4.30. The largest absolute Gasteiger partial charge is 0.462 e. The topological polar surface area (TPSA) is 81.9 Å². The first-order valence-electron chi connectivity index (χ1n) is 9.00. The lowest BCUT2D eigenvalue weighted by molar-refractivity contribution is 0.0531. The Morgan fingerprint density at radius 2 is 2.21 bits per heavy atom. The van der Waals surface area contributed by atoms with Crippen LogP contribution in [-0.2, 0) is 11.3 Å². The third-order valence-electron chi connectivity index (χ3n) is 4.44. The van der Waals surface area contributed by atoms with Gasteiger partial charge in [-0.15, -0.1) is 11.3 Å². The first kappa shape index (κ1) is 19.0. The lowest BCUT2D eigenvalue weighted by atomic mass is 10.1. The van der Waals surface area contributed by atoms with Crippen molar-refractivity contribution in [2.45, 2.75) is 20.4 Å². The van der Waals surface area contributed by atoms with Crippen molar-refractivity contribution in [1.29, 1.82) is 0 Å². The Hall–Kier alpha value is -3.33. The van der Waals surface area contributed by atoms with E-state index in [4.69, 9.17) is 4.74 Å². The maximum Gasteiger partial charge on any atom is 0.348 e. The molecule has 7 nitrogen and oxygen atoms in total. The second kappa shape index (κ2) is 7.96. The van der Waals surface area contributed by atoms with Gasteiger partial charge in [-0.25, -0.2) is 24.1 Å². The van der Waals surface area contributed by atoms with Crippen LogP contribution in [0.4, 0.5) is 10.2 Å². The van der Waals surface area contributed by atoms with Crippen molar-refractivity contribution >= 4 is 33.3 Å². The molecule has 0 radical (unpaired) electrons. The highest BCUT2D eigenvalue weighted by Crippen LogP contribution is 2.33. The number of carbonyl (C=O) groups is 1. The normalized spacial score (nSPS) is 11.0. The van der Waals surface area contributed by atoms with Gasteiger partial charge in [0, 0.05) is 18.9 Å². The molecule has 0 unspecified atom stereocenters. The fourth-order valence-electron chi connectivity index (χ4n) is 3.05. The number of nitrogens with one attached hydrogen (secondary N) is 1. The number of hydrogen-bond donors (Lipinski definition) is 1. The summed E-state index contributed by atoms with van der Waals surface area (Å²) in [7, 11) is 0. The number of thiophene rings is 1. The van der Waals surface area contributed by atoms with Crippen molar-refractivity contribution in [3.63, 3.8) is 0 Å². The molecule has 29 heavy (non-hydrogen) atoms. The number of halogens is 1. The van der Waals surface area contributed by atoms with Crippen LogP contribution in [0.2, 0.25) is 0 Å². The van der Waals surface area contributed by atoms with Gasteiger partial charge in [0.05, 0.1) is 24.0 Å². The van der Waals surface area contributed by atoms with Crippen LogP contribution in [0.25, 0.3) is 15.9 Å². The van der Waals surface area contributed by atoms with Gasteiger partial charge in [-0.1, -0.05) is 6.07 Å². The summed E-state index contributed by atoms with van der Waals surface area (Å²) in [4.78, 5) is 25.9. The minimum absolute atomic E-state index is 0.309. The zero-order valence-electron chi connectivity index (χ0n) is 15.8. The summed E-state index contributed by atoms with van der Waals surface area (Å²) in [5.74, 6) is -0.110. The molecule has 0 atom stereocenters. The van der Waals surface area contributed by atoms with E-state index in [-0.39, 0.29) is 11.8 Å². The highest BCUT2D eigenvalue weighted by atomic mass is 32.1. The zero-order valence-corrected chi connectivity index (χ0v) is 16.7. The number of ether oxygens (including phenoxy) is 1. The van der Waals surface area contributed by atoms with Crippen LogP contribution >= 0.6 is 11.3 Å². The van der Waals surface area contributed by atoms with Crippen molar-refractivity contribution in [3.05, 3.63) is 65.1 Å². The third-order valence-corrected chi connectivity index (χ3v) is 5.62. The maximum atomic E-state index is 14.5. The van der Waals surface area contributed by atoms with Crippen molar-refractivity contribution in [3.8, 4) is 5.69 Å². The van der Waals surface area contributed by atoms with Gasteiger partial charge >= 0.3 is 5.97 Å². The van der Waals surface area contributed by atoms with Crippen LogP contribution in [0.15, 0.2) is 43.2 Å². The average Bonchev–Trinajstić information content (AvgIpc) is 3.35. The Labute approximate surface area is 170 Å². The number of nitrogens with zero attached hydrogens (tertiary/aromatic N) is 4. The summed E-state index contributed by atoms with van der Waals surface area (Å²) in [6.07, 6.45) is 6.28. The number of anilines is 1. The van der Waals surface area contributed by atoms with Gasteiger partial charge in [-0.3, -0.25) is 0 Å². The Bertz CT molecular complexity index is 1170. The zero-order chi connectivity index (χ0) is 20.4. The highest BCUT2D eigenvalue weighted by Gasteiger charge is 2.20. The van der Waals surface area contributed by atoms with Gasteiger partial charge in [0.15, 0.2) is 0 Å². The smallest absolute Gasteiger partial charge is 0.348 e. The monoisotopic (exact) mass is 411 g/mol. The molecule has 0 spiro atoms. The van der Waals surface area contributed by atoms with Gasteiger partial charge in [-0.2, -0.15) is 0 Å². The van der Waals surface area contributed by atoms with Gasteiger partial charge < -0.3 is 14.6 Å². The molecule has 3 heterocycles. The standard InChI is InChI=1S/C20H18FN5O2S/c1-3-28-20(27)17-12(2)16-18(24-10-25-19(16)29-17)23-9-13-4-5-15(14(21)8-13)26-7-6-22-11-26/h4-8,10-11H,3,9H2,1-2H3,(H,23,24,25). The number of aryl methyl sites for hydroxylation is 1. The fourth-order valence-corrected chi connectivity index (χ4v) is 4.10. The van der Waals surface area contributed by atoms with Gasteiger partial charge in [0.2, 0.25) is 0 Å². The molecule has 0 amide bonds. The van der Waals surface area contributed by atoms with E-state index >= 15 is 0 Å². The van der Waals surface area contributed by atoms with Crippen molar-refractivity contribution in [2.75, 3.05) is 11.9 Å². The lowest BCUT2D eigenvalue weighted by Crippen LogP contribution is -2.05. The van der Waals surface area contributed by atoms with Crippen LogP contribution < -0.4 is 5.32 Å². The SMILES string of the molecule is CCOC(=O)c1sc2ncnc(NCc3ccc(-n4ccnc4)c(F)c3)c2c1C. The van der Waals surface area contributed by atoms with E-state index < -0.39 is 0 Å². The molecule has 1 aromatic carbocycles. The molecule has 0 aliphatic rings. The Morgan fingerprint density at radius 3 is 2.93 bits per heavy atom. The molecule has 0 saturated heterocycles. The average molecular weight is 411 g/mol. The Morgan fingerprint density at radius 1 is 1.34 bits per heavy atom. The highest BCUT2D eigenvalue weighted by molar-refractivity contribution is 7.20. The molecule has 4 aromatic rings. The van der Waals surface area contributed by atoms with Crippen molar-refractivity contribution in [2.24, 2.45) is 0 Å². The number of rotatable bonds is 6. The molecular weight excluding hydrogens is 393 g/mol. The molecule has 148 valence electrons. The van der Waals surface area contributed by atoms with E-state index in [0.29, 0.717) is 34.4 Å². The summed E-state index contributed by atoms with van der Waals surface area (Å²) >= 11 is 1.28. The number of aromatic nitrogens is 4. The van der Waals surface area contributed by atoms with E-state index in [1.54, 1.807) is 36.3 Å². The molecule has 0 aliphatic heterocycles. The minimum Gasteiger partial charge on any atom is -0.462 e. The molecule has 0 fully saturated rings. The summed E-state index contributed by atoms with van der Waals surface area (Å²) in [5.41, 5.74) is 1.97. The van der Waals surface area contributed by atoms with Crippen LogP contribution in [0, 0.1) is 12.7 Å². The Balaban J connectivity index is 1.59. The van der Waals surface area contributed by atoms with Gasteiger partial charge in [0.1, 0.15) is 27.7 Å². The number of fused-ring (bicyclic) bond motifs is 1. The number of hydrogen-bond acceptors (Lipinski definition) is 7. The predicted octanol–water partition coefficient (Wildman–Crippen LogP) is 4.11. The van der Waals surface area contributed by atoms with E-state index in [1.165, 1.54) is 23.7 Å². The second-order valence-corrected chi connectivity index (χ2v) is 7.29. The van der Waals surface area contributed by atoms with Crippen LogP contribution in [-0.4, -0.2) is 32.1 Å². The van der Waals surface area contributed by atoms with E-state index in [1.807, 2.05) is 13.0 Å². The fraction of sp³-hybridized carbons (Fsp3) is 0.200. The predicted molar refractivity (Wildman–Crippen MR) is 109 cm³/mol. The molecule has 1 N–H and O–H groups in total. The molecule has 0 saturated carbocycles. The van der Waals surface area contributed by atoms with E-state index in [0.717, 1.165) is 16.5 Å². The first-order valence-corrected chi connectivity index (χ1v) is 9.82.